The number of rotatable bonds is 4. The first-order valence-corrected chi connectivity index (χ1v) is 7.27. The van der Waals surface area contributed by atoms with Crippen LogP contribution in [0.2, 0.25) is 5.02 Å². The fourth-order valence-corrected chi connectivity index (χ4v) is 1.91. The predicted octanol–water partition coefficient (Wildman–Crippen LogP) is 3.46. The molecule has 0 aliphatic heterocycles. The molecule has 0 atom stereocenters. The van der Waals surface area contributed by atoms with Crippen molar-refractivity contribution in [1.82, 2.24) is 15.5 Å². The molecule has 0 aliphatic rings. The van der Waals surface area contributed by atoms with Crippen LogP contribution in [0.5, 0.6) is 0 Å². The van der Waals surface area contributed by atoms with Crippen LogP contribution in [0, 0.1) is 0 Å². The van der Waals surface area contributed by atoms with E-state index < -0.39 is 11.7 Å². The summed E-state index contributed by atoms with van der Waals surface area (Å²) in [7, 11) is 0. The van der Waals surface area contributed by atoms with Gasteiger partial charge in [0.25, 0.3) is 5.89 Å². The van der Waals surface area contributed by atoms with Gasteiger partial charge in [0.1, 0.15) is 5.60 Å². The van der Waals surface area contributed by atoms with Gasteiger partial charge in [-0.1, -0.05) is 28.9 Å². The van der Waals surface area contributed by atoms with E-state index in [-0.39, 0.29) is 0 Å². The molecule has 1 N–H and O–H groups in total. The summed E-state index contributed by atoms with van der Waals surface area (Å²) in [4.78, 5) is 15.8. The van der Waals surface area contributed by atoms with Gasteiger partial charge in [-0.15, -0.1) is 0 Å². The third-order valence-electron chi connectivity index (χ3n) is 2.59. The second-order valence-electron chi connectivity index (χ2n) is 5.67. The molecule has 0 unspecified atom stereocenters. The predicted molar refractivity (Wildman–Crippen MR) is 82.7 cm³/mol. The van der Waals surface area contributed by atoms with Crippen molar-refractivity contribution in [2.75, 3.05) is 6.54 Å². The second kappa shape index (κ2) is 6.79. The first-order chi connectivity index (χ1) is 10.3. The van der Waals surface area contributed by atoms with Gasteiger partial charge < -0.3 is 14.6 Å². The fourth-order valence-electron chi connectivity index (χ4n) is 1.69. The Bertz CT molecular complexity index is 649. The highest BCUT2D eigenvalue weighted by molar-refractivity contribution is 6.33. The summed E-state index contributed by atoms with van der Waals surface area (Å²) >= 11 is 6.07. The lowest BCUT2D eigenvalue weighted by Crippen LogP contribution is -2.33. The molecule has 7 heteroatoms. The van der Waals surface area contributed by atoms with Crippen LogP contribution >= 0.6 is 11.6 Å². The smallest absolute Gasteiger partial charge is 0.407 e. The number of benzene rings is 1. The fraction of sp³-hybridized carbons (Fsp3) is 0.400. The molecule has 1 amide bonds. The SMILES string of the molecule is CC(C)(C)OC(=O)NCCc1noc(-c2ccccc2Cl)n1. The van der Waals surface area contributed by atoms with Crippen LogP contribution in [0.25, 0.3) is 11.5 Å². The summed E-state index contributed by atoms with van der Waals surface area (Å²) in [5.74, 6) is 0.851. The second-order valence-corrected chi connectivity index (χ2v) is 6.08. The van der Waals surface area contributed by atoms with Crippen molar-refractivity contribution in [2.45, 2.75) is 32.8 Å². The quantitative estimate of drug-likeness (QED) is 0.932. The maximum absolute atomic E-state index is 11.5. The monoisotopic (exact) mass is 323 g/mol. The summed E-state index contributed by atoms with van der Waals surface area (Å²) in [5, 5.41) is 7.05. The molecule has 0 radical (unpaired) electrons. The van der Waals surface area contributed by atoms with E-state index in [0.29, 0.717) is 35.3 Å². The highest BCUT2D eigenvalue weighted by Gasteiger charge is 2.16. The summed E-state index contributed by atoms with van der Waals surface area (Å²) in [6.45, 7) is 5.78. The van der Waals surface area contributed by atoms with E-state index in [1.54, 1.807) is 12.1 Å². The Morgan fingerprint density at radius 2 is 2.09 bits per heavy atom. The van der Waals surface area contributed by atoms with E-state index >= 15 is 0 Å². The number of aromatic nitrogens is 2. The molecule has 0 spiro atoms. The number of halogens is 1. The van der Waals surface area contributed by atoms with Gasteiger partial charge in [-0.2, -0.15) is 4.98 Å². The summed E-state index contributed by atoms with van der Waals surface area (Å²) < 4.78 is 10.3. The summed E-state index contributed by atoms with van der Waals surface area (Å²) in [6, 6.07) is 7.23. The van der Waals surface area contributed by atoms with Crippen molar-refractivity contribution in [2.24, 2.45) is 0 Å². The van der Waals surface area contributed by atoms with Crippen LogP contribution in [0.1, 0.15) is 26.6 Å². The van der Waals surface area contributed by atoms with Gasteiger partial charge in [-0.3, -0.25) is 0 Å². The maximum atomic E-state index is 11.5. The minimum Gasteiger partial charge on any atom is -0.444 e. The first-order valence-electron chi connectivity index (χ1n) is 6.89. The number of carbonyl (C=O) groups is 1. The summed E-state index contributed by atoms with van der Waals surface area (Å²) in [5.41, 5.74) is 0.163. The van der Waals surface area contributed by atoms with E-state index in [0.717, 1.165) is 0 Å². The minimum absolute atomic E-state index is 0.358. The largest absolute Gasteiger partial charge is 0.444 e. The van der Waals surface area contributed by atoms with Crippen molar-refractivity contribution < 1.29 is 14.1 Å². The highest BCUT2D eigenvalue weighted by Crippen LogP contribution is 2.25. The molecule has 0 aliphatic carbocycles. The molecule has 0 bridgehead atoms. The highest BCUT2D eigenvalue weighted by atomic mass is 35.5. The van der Waals surface area contributed by atoms with Crippen molar-refractivity contribution >= 4 is 17.7 Å². The number of hydrogen-bond acceptors (Lipinski definition) is 5. The van der Waals surface area contributed by atoms with E-state index in [4.69, 9.17) is 20.9 Å². The molecule has 0 fully saturated rings. The maximum Gasteiger partial charge on any atom is 0.407 e. The van der Waals surface area contributed by atoms with Gasteiger partial charge in [0.2, 0.25) is 0 Å². The minimum atomic E-state index is -0.520. The average Bonchev–Trinajstić information content (AvgIpc) is 2.85. The van der Waals surface area contributed by atoms with E-state index in [1.807, 2.05) is 32.9 Å². The standard InChI is InChI=1S/C15H18ClN3O3/c1-15(2,3)21-14(20)17-9-8-12-18-13(22-19-12)10-6-4-5-7-11(10)16/h4-7H,8-9H2,1-3H3,(H,17,20). The molecular weight excluding hydrogens is 306 g/mol. The number of nitrogens with one attached hydrogen (secondary N) is 1. The van der Waals surface area contributed by atoms with E-state index in [9.17, 15) is 4.79 Å². The van der Waals surface area contributed by atoms with Gasteiger partial charge >= 0.3 is 6.09 Å². The van der Waals surface area contributed by atoms with Crippen LogP contribution in [-0.2, 0) is 11.2 Å². The number of carbonyl (C=O) groups excluding carboxylic acids is 1. The third-order valence-corrected chi connectivity index (χ3v) is 2.92. The van der Waals surface area contributed by atoms with E-state index in [2.05, 4.69) is 15.5 Å². The normalized spacial score (nSPS) is 11.3. The molecule has 0 saturated carbocycles. The van der Waals surface area contributed by atoms with Crippen molar-refractivity contribution in [3.8, 4) is 11.5 Å². The number of amides is 1. The molecule has 2 rings (SSSR count). The Balaban J connectivity index is 1.88. The topological polar surface area (TPSA) is 77.2 Å². The lowest BCUT2D eigenvalue weighted by Gasteiger charge is -2.19. The zero-order chi connectivity index (χ0) is 16.2. The zero-order valence-electron chi connectivity index (χ0n) is 12.7. The molecule has 6 nitrogen and oxygen atoms in total. The molecule has 118 valence electrons. The zero-order valence-corrected chi connectivity index (χ0v) is 13.5. The van der Waals surface area contributed by atoms with E-state index in [1.165, 1.54) is 0 Å². The molecule has 1 aromatic carbocycles. The molecule has 22 heavy (non-hydrogen) atoms. The van der Waals surface area contributed by atoms with Gasteiger partial charge in [0.05, 0.1) is 10.6 Å². The van der Waals surface area contributed by atoms with Crippen LogP contribution in [0.4, 0.5) is 4.79 Å². The van der Waals surface area contributed by atoms with Gasteiger partial charge in [-0.25, -0.2) is 4.79 Å². The molecule has 1 heterocycles. The molecule has 0 saturated heterocycles. The van der Waals surface area contributed by atoms with Crippen molar-refractivity contribution in [3.05, 3.63) is 35.1 Å². The van der Waals surface area contributed by atoms with Crippen LogP contribution in [0.3, 0.4) is 0 Å². The number of alkyl carbamates (subject to hydrolysis) is 1. The summed E-state index contributed by atoms with van der Waals surface area (Å²) in [6.07, 6.45) is -0.0324. The van der Waals surface area contributed by atoms with Gasteiger partial charge in [-0.05, 0) is 32.9 Å². The lowest BCUT2D eigenvalue weighted by molar-refractivity contribution is 0.0528. The average molecular weight is 324 g/mol. The Hall–Kier alpha value is -2.08. The van der Waals surface area contributed by atoms with Gasteiger partial charge in [0, 0.05) is 13.0 Å². The molecule has 1 aromatic heterocycles. The van der Waals surface area contributed by atoms with Crippen LogP contribution in [-0.4, -0.2) is 28.4 Å². The lowest BCUT2D eigenvalue weighted by atomic mass is 10.2. The Morgan fingerprint density at radius 1 is 1.36 bits per heavy atom. The van der Waals surface area contributed by atoms with Crippen molar-refractivity contribution in [1.29, 1.82) is 0 Å². The number of nitrogens with zero attached hydrogens (tertiary/aromatic N) is 2. The third kappa shape index (κ3) is 4.73. The number of ether oxygens (including phenoxy) is 1. The van der Waals surface area contributed by atoms with Crippen LogP contribution < -0.4 is 5.32 Å². The van der Waals surface area contributed by atoms with Crippen LogP contribution in [0.15, 0.2) is 28.8 Å². The Kier molecular flexibility index (Phi) is 5.03. The van der Waals surface area contributed by atoms with Crippen molar-refractivity contribution in [3.63, 3.8) is 0 Å². The Labute approximate surface area is 133 Å². The first kappa shape index (κ1) is 16.3. The Morgan fingerprint density at radius 3 is 2.77 bits per heavy atom. The van der Waals surface area contributed by atoms with Gasteiger partial charge in [0.15, 0.2) is 5.82 Å². The number of hydrogen-bond donors (Lipinski definition) is 1. The molecule has 2 aromatic rings. The molecular formula is C15H18ClN3O3.